The van der Waals surface area contributed by atoms with Crippen molar-refractivity contribution >= 4 is 27.5 Å². The molecule has 0 saturated heterocycles. The number of aryl methyl sites for hydroxylation is 2. The van der Waals surface area contributed by atoms with Crippen LogP contribution in [0.2, 0.25) is 0 Å². The topological polar surface area (TPSA) is 92.7 Å². The van der Waals surface area contributed by atoms with E-state index in [1.54, 1.807) is 25.4 Å². The highest BCUT2D eigenvalue weighted by Crippen LogP contribution is 2.21. The number of amides is 1. The van der Waals surface area contributed by atoms with Gasteiger partial charge in [-0.05, 0) is 48.0 Å². The largest absolute Gasteiger partial charge is 0.325 e. The molecule has 2 heterocycles. The Morgan fingerprint density at radius 3 is 2.92 bits per heavy atom. The number of carbonyl (C=O) groups is 1. The summed E-state index contributed by atoms with van der Waals surface area (Å²) in [5, 5.41) is 10.8. The molecule has 0 spiro atoms. The minimum absolute atomic E-state index is 0.0413. The van der Waals surface area contributed by atoms with Crippen LogP contribution in [-0.4, -0.2) is 25.7 Å². The van der Waals surface area contributed by atoms with Gasteiger partial charge < -0.3 is 14.9 Å². The fourth-order valence-corrected chi connectivity index (χ4v) is 2.74. The van der Waals surface area contributed by atoms with Gasteiger partial charge in [-0.25, -0.2) is 0 Å². The van der Waals surface area contributed by atoms with E-state index in [9.17, 15) is 9.59 Å². The lowest BCUT2D eigenvalue weighted by Crippen LogP contribution is -2.23. The van der Waals surface area contributed by atoms with Crippen LogP contribution in [0.4, 0.5) is 5.69 Å². The molecule has 7 nitrogen and oxygen atoms in total. The Morgan fingerprint density at radius 1 is 1.36 bits per heavy atom. The van der Waals surface area contributed by atoms with Crippen LogP contribution in [-0.2, 0) is 6.54 Å². The van der Waals surface area contributed by atoms with E-state index in [0.29, 0.717) is 15.9 Å². The lowest BCUT2D eigenvalue weighted by Gasteiger charge is -2.08. The Morgan fingerprint density at radius 2 is 2.16 bits per heavy atom. The fraction of sp³-hybridized carbons (Fsp3) is 0.176. The zero-order chi connectivity index (χ0) is 18.0. The summed E-state index contributed by atoms with van der Waals surface area (Å²) in [6.45, 7) is 4.49. The third kappa shape index (κ3) is 3.53. The number of anilines is 1. The smallest absolute Gasteiger partial charge is 0.261 e. The average Bonchev–Trinajstić information content (AvgIpc) is 3.07. The van der Waals surface area contributed by atoms with Crippen molar-refractivity contribution in [1.82, 2.24) is 19.7 Å². The first-order valence-electron chi connectivity index (χ1n) is 7.68. The number of halogens is 1. The van der Waals surface area contributed by atoms with Crippen LogP contribution in [0.15, 0.2) is 45.9 Å². The van der Waals surface area contributed by atoms with Crippen LogP contribution in [0.5, 0.6) is 0 Å². The van der Waals surface area contributed by atoms with Gasteiger partial charge in [0.2, 0.25) is 0 Å². The van der Waals surface area contributed by atoms with Crippen LogP contribution < -0.4 is 10.9 Å². The molecule has 2 aromatic heterocycles. The Balaban J connectivity index is 1.89. The lowest BCUT2D eigenvalue weighted by molar-refractivity contribution is 0.102. The number of carbonyl (C=O) groups excluding carboxylic acids is 1. The van der Waals surface area contributed by atoms with E-state index >= 15 is 0 Å². The monoisotopic (exact) mass is 401 g/mol. The van der Waals surface area contributed by atoms with Gasteiger partial charge in [-0.3, -0.25) is 9.59 Å². The highest BCUT2D eigenvalue weighted by molar-refractivity contribution is 9.10. The highest BCUT2D eigenvalue weighted by Gasteiger charge is 2.14. The maximum atomic E-state index is 12.4. The number of hydrogen-bond donors (Lipinski definition) is 2. The molecule has 0 atom stereocenters. The molecule has 0 fully saturated rings. The van der Waals surface area contributed by atoms with E-state index in [4.69, 9.17) is 0 Å². The van der Waals surface area contributed by atoms with Gasteiger partial charge >= 0.3 is 0 Å². The first kappa shape index (κ1) is 17.1. The Labute approximate surface area is 152 Å². The fourth-order valence-electron chi connectivity index (χ4n) is 2.41. The summed E-state index contributed by atoms with van der Waals surface area (Å²) in [5.41, 5.74) is 1.68. The van der Waals surface area contributed by atoms with E-state index < -0.39 is 11.5 Å². The predicted octanol–water partition coefficient (Wildman–Crippen LogP) is 2.98. The van der Waals surface area contributed by atoms with E-state index in [2.05, 4.69) is 36.4 Å². The number of aromatic amines is 1. The lowest BCUT2D eigenvalue weighted by atomic mass is 10.1. The zero-order valence-corrected chi connectivity index (χ0v) is 15.3. The minimum Gasteiger partial charge on any atom is -0.325 e. The zero-order valence-electron chi connectivity index (χ0n) is 13.7. The molecule has 0 saturated carbocycles. The van der Waals surface area contributed by atoms with Crippen molar-refractivity contribution in [2.75, 3.05) is 5.32 Å². The molecular weight excluding hydrogens is 386 g/mol. The second-order valence-electron chi connectivity index (χ2n) is 5.46. The first-order valence-corrected chi connectivity index (χ1v) is 8.48. The van der Waals surface area contributed by atoms with Gasteiger partial charge in [0.05, 0.1) is 0 Å². The molecule has 1 aromatic carbocycles. The van der Waals surface area contributed by atoms with Gasteiger partial charge in [0.1, 0.15) is 11.9 Å². The second kappa shape index (κ2) is 7.02. The number of hydrogen-bond acceptors (Lipinski definition) is 4. The van der Waals surface area contributed by atoms with E-state index in [1.165, 1.54) is 6.07 Å². The SMILES string of the molecule is CCn1cnnc1-c1cccc(NC(=O)c2cc(Br)c(C)[nH]c2=O)c1. The van der Waals surface area contributed by atoms with Gasteiger partial charge in [0.25, 0.3) is 11.5 Å². The second-order valence-corrected chi connectivity index (χ2v) is 6.31. The first-order chi connectivity index (χ1) is 12.0. The van der Waals surface area contributed by atoms with E-state index in [-0.39, 0.29) is 5.56 Å². The van der Waals surface area contributed by atoms with Crippen LogP contribution in [0.3, 0.4) is 0 Å². The maximum Gasteiger partial charge on any atom is 0.261 e. The van der Waals surface area contributed by atoms with Crippen molar-refractivity contribution in [1.29, 1.82) is 0 Å². The Bertz CT molecular complexity index is 993. The standard InChI is InChI=1S/C17H16BrN5O2/c1-3-23-9-19-22-15(23)11-5-4-6-12(7-11)21-17(25)13-8-14(18)10(2)20-16(13)24/h4-9H,3H2,1-2H3,(H,20,24)(H,21,25). The van der Waals surface area contributed by atoms with Gasteiger partial charge in [-0.1, -0.05) is 12.1 Å². The van der Waals surface area contributed by atoms with Crippen molar-refractivity contribution in [3.63, 3.8) is 0 Å². The number of benzene rings is 1. The summed E-state index contributed by atoms with van der Waals surface area (Å²) in [7, 11) is 0. The summed E-state index contributed by atoms with van der Waals surface area (Å²) >= 11 is 3.32. The molecule has 3 rings (SSSR count). The molecule has 3 aromatic rings. The van der Waals surface area contributed by atoms with E-state index in [0.717, 1.165) is 17.9 Å². The van der Waals surface area contributed by atoms with Gasteiger partial charge in [0, 0.05) is 28.0 Å². The predicted molar refractivity (Wildman–Crippen MR) is 98.6 cm³/mol. The number of nitrogens with zero attached hydrogens (tertiary/aromatic N) is 3. The molecule has 1 amide bonds. The molecule has 0 aliphatic carbocycles. The van der Waals surface area contributed by atoms with Crippen molar-refractivity contribution in [2.45, 2.75) is 20.4 Å². The number of pyridine rings is 1. The van der Waals surface area contributed by atoms with Crippen LogP contribution in [0.25, 0.3) is 11.4 Å². The molecule has 25 heavy (non-hydrogen) atoms. The average molecular weight is 402 g/mol. The summed E-state index contributed by atoms with van der Waals surface area (Å²) in [4.78, 5) is 27.1. The number of aromatic nitrogens is 4. The van der Waals surface area contributed by atoms with Crippen LogP contribution >= 0.6 is 15.9 Å². The molecular formula is C17H16BrN5O2. The van der Waals surface area contributed by atoms with Crippen molar-refractivity contribution in [3.05, 3.63) is 62.7 Å². The maximum absolute atomic E-state index is 12.4. The highest BCUT2D eigenvalue weighted by atomic mass is 79.9. The van der Waals surface area contributed by atoms with E-state index in [1.807, 2.05) is 23.6 Å². The molecule has 8 heteroatoms. The summed E-state index contributed by atoms with van der Waals surface area (Å²) in [6, 6.07) is 8.77. The molecule has 0 aliphatic heterocycles. The van der Waals surface area contributed by atoms with Gasteiger partial charge in [-0.15, -0.1) is 10.2 Å². The van der Waals surface area contributed by atoms with Gasteiger partial charge in [0.15, 0.2) is 5.82 Å². The Kier molecular flexibility index (Phi) is 4.80. The van der Waals surface area contributed by atoms with Crippen LogP contribution in [0.1, 0.15) is 23.0 Å². The molecule has 0 unspecified atom stereocenters. The molecule has 0 bridgehead atoms. The molecule has 2 N–H and O–H groups in total. The Hall–Kier alpha value is -2.74. The molecule has 0 aliphatic rings. The number of rotatable bonds is 4. The minimum atomic E-state index is -0.476. The normalized spacial score (nSPS) is 10.7. The number of H-pyrrole nitrogens is 1. The third-order valence-corrected chi connectivity index (χ3v) is 4.58. The quantitative estimate of drug-likeness (QED) is 0.702. The summed E-state index contributed by atoms with van der Waals surface area (Å²) in [6.07, 6.45) is 1.66. The molecule has 0 radical (unpaired) electrons. The molecule has 128 valence electrons. The summed E-state index contributed by atoms with van der Waals surface area (Å²) in [5.74, 6) is 0.241. The third-order valence-electron chi connectivity index (χ3n) is 3.75. The van der Waals surface area contributed by atoms with Crippen molar-refractivity contribution in [2.24, 2.45) is 0 Å². The van der Waals surface area contributed by atoms with Crippen molar-refractivity contribution < 1.29 is 4.79 Å². The number of nitrogens with one attached hydrogen (secondary N) is 2. The summed E-state index contributed by atoms with van der Waals surface area (Å²) < 4.78 is 2.57. The van der Waals surface area contributed by atoms with Crippen molar-refractivity contribution in [3.8, 4) is 11.4 Å². The van der Waals surface area contributed by atoms with Gasteiger partial charge in [-0.2, -0.15) is 0 Å². The van der Waals surface area contributed by atoms with Crippen LogP contribution in [0, 0.1) is 6.92 Å².